The molecule has 2 N–H and O–H groups in total. The fourth-order valence-corrected chi connectivity index (χ4v) is 2.02. The van der Waals surface area contributed by atoms with E-state index in [4.69, 9.17) is 0 Å². The van der Waals surface area contributed by atoms with Crippen LogP contribution in [0, 0.1) is 5.92 Å². The molecule has 1 aromatic carbocycles. The zero-order chi connectivity index (χ0) is 13.5. The van der Waals surface area contributed by atoms with Gasteiger partial charge >= 0.3 is 0 Å². The third kappa shape index (κ3) is 5.98. The van der Waals surface area contributed by atoms with Gasteiger partial charge in [-0.3, -0.25) is 4.79 Å². The Morgan fingerprint density at radius 1 is 1.28 bits per heavy atom. The SMILES string of the molecule is CC(C)CNC(=O)CNCc1ccc(Br)c(Br)c1. The second-order valence-corrected chi connectivity index (χ2v) is 6.26. The fourth-order valence-electron chi connectivity index (χ4n) is 1.35. The first-order chi connectivity index (χ1) is 8.49. The minimum atomic E-state index is 0.0416. The number of hydrogen-bond donors (Lipinski definition) is 2. The summed E-state index contributed by atoms with van der Waals surface area (Å²) < 4.78 is 2.05. The highest BCUT2D eigenvalue weighted by atomic mass is 79.9. The maximum atomic E-state index is 11.5. The van der Waals surface area contributed by atoms with Gasteiger partial charge in [0.25, 0.3) is 0 Å². The van der Waals surface area contributed by atoms with Crippen LogP contribution in [0.2, 0.25) is 0 Å². The van der Waals surface area contributed by atoms with E-state index >= 15 is 0 Å². The average Bonchev–Trinajstić information content (AvgIpc) is 2.31. The summed E-state index contributed by atoms with van der Waals surface area (Å²) in [5.74, 6) is 0.524. The minimum absolute atomic E-state index is 0.0416. The van der Waals surface area contributed by atoms with E-state index in [1.165, 1.54) is 0 Å². The summed E-state index contributed by atoms with van der Waals surface area (Å²) >= 11 is 6.88. The summed E-state index contributed by atoms with van der Waals surface area (Å²) in [6.45, 7) is 5.91. The van der Waals surface area contributed by atoms with Crippen LogP contribution >= 0.6 is 31.9 Å². The molecule has 1 rings (SSSR count). The molecule has 0 aromatic heterocycles. The Labute approximate surface area is 125 Å². The first kappa shape index (κ1) is 15.7. The van der Waals surface area contributed by atoms with Crippen LogP contribution in [0.3, 0.4) is 0 Å². The van der Waals surface area contributed by atoms with Gasteiger partial charge in [0.1, 0.15) is 0 Å². The Morgan fingerprint density at radius 2 is 2.00 bits per heavy atom. The highest BCUT2D eigenvalue weighted by Gasteiger charge is 2.02. The first-order valence-electron chi connectivity index (χ1n) is 5.90. The molecule has 18 heavy (non-hydrogen) atoms. The molecule has 0 atom stereocenters. The van der Waals surface area contributed by atoms with Gasteiger partial charge in [0.05, 0.1) is 6.54 Å². The van der Waals surface area contributed by atoms with Crippen molar-refractivity contribution in [2.24, 2.45) is 5.92 Å². The molecule has 1 aromatic rings. The molecular formula is C13H18Br2N2O. The normalized spacial score (nSPS) is 10.7. The van der Waals surface area contributed by atoms with Crippen molar-refractivity contribution in [1.29, 1.82) is 0 Å². The lowest BCUT2D eigenvalue weighted by Crippen LogP contribution is -2.35. The van der Waals surface area contributed by atoms with Gasteiger partial charge < -0.3 is 10.6 Å². The van der Waals surface area contributed by atoms with Gasteiger partial charge in [0.2, 0.25) is 5.91 Å². The Bertz CT molecular complexity index is 408. The van der Waals surface area contributed by atoms with Crippen molar-refractivity contribution >= 4 is 37.8 Å². The van der Waals surface area contributed by atoms with Crippen molar-refractivity contribution in [3.8, 4) is 0 Å². The van der Waals surface area contributed by atoms with Gasteiger partial charge in [-0.2, -0.15) is 0 Å². The zero-order valence-corrected chi connectivity index (χ0v) is 13.8. The Morgan fingerprint density at radius 3 is 2.61 bits per heavy atom. The molecule has 0 saturated carbocycles. The lowest BCUT2D eigenvalue weighted by molar-refractivity contribution is -0.120. The third-order valence-corrected chi connectivity index (χ3v) is 4.19. The maximum absolute atomic E-state index is 11.5. The van der Waals surface area contributed by atoms with Gasteiger partial charge in [-0.25, -0.2) is 0 Å². The molecule has 0 aliphatic carbocycles. The highest BCUT2D eigenvalue weighted by molar-refractivity contribution is 9.13. The van der Waals surface area contributed by atoms with Crippen molar-refractivity contribution in [3.05, 3.63) is 32.7 Å². The van der Waals surface area contributed by atoms with Crippen LogP contribution in [0.15, 0.2) is 27.1 Å². The van der Waals surface area contributed by atoms with Gasteiger partial charge in [-0.1, -0.05) is 19.9 Å². The predicted molar refractivity (Wildman–Crippen MR) is 81.4 cm³/mol. The number of hydrogen-bond acceptors (Lipinski definition) is 2. The molecule has 0 aliphatic rings. The molecule has 0 fully saturated rings. The van der Waals surface area contributed by atoms with Crippen LogP contribution in [0.4, 0.5) is 0 Å². The average molecular weight is 378 g/mol. The van der Waals surface area contributed by atoms with Crippen molar-refractivity contribution in [1.82, 2.24) is 10.6 Å². The fraction of sp³-hybridized carbons (Fsp3) is 0.462. The number of benzene rings is 1. The van der Waals surface area contributed by atoms with E-state index < -0.39 is 0 Å². The summed E-state index contributed by atoms with van der Waals surface area (Å²) in [5, 5.41) is 5.99. The quantitative estimate of drug-likeness (QED) is 0.799. The van der Waals surface area contributed by atoms with Crippen molar-refractivity contribution in [2.75, 3.05) is 13.1 Å². The van der Waals surface area contributed by atoms with E-state index in [2.05, 4.69) is 56.3 Å². The molecule has 0 aliphatic heterocycles. The maximum Gasteiger partial charge on any atom is 0.233 e. The number of nitrogens with one attached hydrogen (secondary N) is 2. The summed E-state index contributed by atoms with van der Waals surface area (Å²) in [5.41, 5.74) is 1.14. The van der Waals surface area contributed by atoms with Crippen LogP contribution in [-0.4, -0.2) is 19.0 Å². The molecule has 0 bridgehead atoms. The van der Waals surface area contributed by atoms with Crippen LogP contribution in [0.5, 0.6) is 0 Å². The van der Waals surface area contributed by atoms with Crippen LogP contribution in [0.25, 0.3) is 0 Å². The van der Waals surface area contributed by atoms with Gasteiger partial charge in [-0.15, -0.1) is 0 Å². The van der Waals surface area contributed by atoms with E-state index in [1.54, 1.807) is 0 Å². The first-order valence-corrected chi connectivity index (χ1v) is 7.49. The lowest BCUT2D eigenvalue weighted by atomic mass is 10.2. The van der Waals surface area contributed by atoms with Crippen LogP contribution in [-0.2, 0) is 11.3 Å². The number of amides is 1. The molecule has 0 heterocycles. The third-order valence-electron chi connectivity index (χ3n) is 2.31. The predicted octanol–water partition coefficient (Wildman–Crippen LogP) is 3.07. The van der Waals surface area contributed by atoms with E-state index in [0.717, 1.165) is 21.1 Å². The Kier molecular flexibility index (Phi) is 6.89. The number of carbonyl (C=O) groups is 1. The number of carbonyl (C=O) groups excluding carboxylic acids is 1. The molecule has 0 radical (unpaired) electrons. The largest absolute Gasteiger partial charge is 0.355 e. The molecule has 3 nitrogen and oxygen atoms in total. The van der Waals surface area contributed by atoms with Crippen LogP contribution in [0.1, 0.15) is 19.4 Å². The van der Waals surface area contributed by atoms with E-state index in [0.29, 0.717) is 19.0 Å². The Balaban J connectivity index is 2.28. The highest BCUT2D eigenvalue weighted by Crippen LogP contribution is 2.23. The molecule has 5 heteroatoms. The molecule has 1 amide bonds. The van der Waals surface area contributed by atoms with E-state index in [1.807, 2.05) is 18.2 Å². The van der Waals surface area contributed by atoms with E-state index in [9.17, 15) is 4.79 Å². The second-order valence-electron chi connectivity index (χ2n) is 4.55. The molecule has 0 unspecified atom stereocenters. The molecule has 0 spiro atoms. The van der Waals surface area contributed by atoms with Gasteiger partial charge in [0.15, 0.2) is 0 Å². The zero-order valence-electron chi connectivity index (χ0n) is 10.6. The summed E-state index contributed by atoms with van der Waals surface area (Å²) in [6.07, 6.45) is 0. The van der Waals surface area contributed by atoms with Gasteiger partial charge in [0, 0.05) is 22.0 Å². The monoisotopic (exact) mass is 376 g/mol. The van der Waals surface area contributed by atoms with Crippen LogP contribution < -0.4 is 10.6 Å². The summed E-state index contributed by atoms with van der Waals surface area (Å²) in [4.78, 5) is 11.5. The lowest BCUT2D eigenvalue weighted by Gasteiger charge is -2.09. The topological polar surface area (TPSA) is 41.1 Å². The van der Waals surface area contributed by atoms with E-state index in [-0.39, 0.29) is 5.91 Å². The second kappa shape index (κ2) is 7.92. The molecule has 0 saturated heterocycles. The Hall–Kier alpha value is -0.390. The number of halogens is 2. The summed E-state index contributed by atoms with van der Waals surface area (Å²) in [6, 6.07) is 6.04. The van der Waals surface area contributed by atoms with Gasteiger partial charge in [-0.05, 0) is 55.5 Å². The van der Waals surface area contributed by atoms with Crippen molar-refractivity contribution < 1.29 is 4.79 Å². The standard InChI is InChI=1S/C13H18Br2N2O/c1-9(2)6-17-13(18)8-16-7-10-3-4-11(14)12(15)5-10/h3-5,9,16H,6-8H2,1-2H3,(H,17,18). The minimum Gasteiger partial charge on any atom is -0.355 e. The van der Waals surface area contributed by atoms with Crippen molar-refractivity contribution in [3.63, 3.8) is 0 Å². The number of rotatable bonds is 6. The molecule has 100 valence electrons. The van der Waals surface area contributed by atoms with Crippen molar-refractivity contribution in [2.45, 2.75) is 20.4 Å². The smallest absolute Gasteiger partial charge is 0.233 e. The molecular weight excluding hydrogens is 360 g/mol. The summed E-state index contributed by atoms with van der Waals surface area (Å²) in [7, 11) is 0.